The Morgan fingerprint density at radius 3 is 1.94 bits per heavy atom. The summed E-state index contributed by atoms with van der Waals surface area (Å²) in [6.07, 6.45) is 2.24. The second-order valence-electron chi connectivity index (χ2n) is 10.9. The molecule has 1 aromatic heterocycles. The van der Waals surface area contributed by atoms with Gasteiger partial charge in [-0.1, -0.05) is 101 Å². The number of aromatic nitrogens is 1. The van der Waals surface area contributed by atoms with Crippen molar-refractivity contribution in [2.45, 2.75) is 65.1 Å². The van der Waals surface area contributed by atoms with Crippen molar-refractivity contribution in [3.8, 4) is 22.4 Å². The summed E-state index contributed by atoms with van der Waals surface area (Å²) >= 11 is 0. The molecule has 0 spiro atoms. The van der Waals surface area contributed by atoms with Gasteiger partial charge in [0.2, 0.25) is 5.69 Å². The first-order valence-corrected chi connectivity index (χ1v) is 15.0. The standard InChI is InChI=1S/C32H40NSi/c1-22(2)34(23(3)4,24(5)6)29-16-17-30-28(20-29)18-19-33(8)32(30)31-21-27(15-14-25(31)7)26-12-10-9-11-13-26/h9-24H,1-8H3/q+1. The van der Waals surface area contributed by atoms with E-state index in [2.05, 4.69) is 139 Å². The van der Waals surface area contributed by atoms with Crippen LogP contribution in [0.5, 0.6) is 0 Å². The fourth-order valence-corrected chi connectivity index (χ4v) is 13.4. The molecule has 3 aromatic carbocycles. The highest BCUT2D eigenvalue weighted by atomic mass is 28.3. The Kier molecular flexibility index (Phi) is 6.82. The molecule has 0 bridgehead atoms. The molecule has 0 saturated carbocycles. The molecule has 0 aliphatic heterocycles. The van der Waals surface area contributed by atoms with Crippen molar-refractivity contribution >= 4 is 24.0 Å². The average Bonchev–Trinajstić information content (AvgIpc) is 2.80. The van der Waals surface area contributed by atoms with E-state index < -0.39 is 8.07 Å². The molecule has 176 valence electrons. The van der Waals surface area contributed by atoms with Gasteiger partial charge in [0.25, 0.3) is 0 Å². The summed E-state index contributed by atoms with van der Waals surface area (Å²) in [6, 6.07) is 27.3. The van der Waals surface area contributed by atoms with Crippen molar-refractivity contribution in [2.24, 2.45) is 7.05 Å². The van der Waals surface area contributed by atoms with E-state index in [1.807, 2.05) is 0 Å². The van der Waals surface area contributed by atoms with Gasteiger partial charge in [-0.05, 0) is 57.8 Å². The van der Waals surface area contributed by atoms with Crippen LogP contribution < -0.4 is 9.75 Å². The first kappa shape index (κ1) is 24.4. The highest BCUT2D eigenvalue weighted by Gasteiger charge is 2.44. The number of fused-ring (bicyclic) bond motifs is 1. The second kappa shape index (κ2) is 9.50. The SMILES string of the molecule is Cc1ccc(-c2ccccc2)cc1-c1c2ccc([Si](C(C)C)(C(C)C)C(C)C)cc2cc[n+]1C. The summed E-state index contributed by atoms with van der Waals surface area (Å²) in [5.41, 5.74) is 8.54. The predicted molar refractivity (Wildman–Crippen MR) is 151 cm³/mol. The summed E-state index contributed by atoms with van der Waals surface area (Å²) in [6.45, 7) is 16.9. The lowest BCUT2D eigenvalue weighted by atomic mass is 9.95. The minimum Gasteiger partial charge on any atom is -0.200 e. The number of nitrogens with zero attached hydrogens (tertiary/aromatic N) is 1. The van der Waals surface area contributed by atoms with Crippen LogP contribution >= 0.6 is 0 Å². The zero-order valence-corrected chi connectivity index (χ0v) is 23.2. The Morgan fingerprint density at radius 2 is 1.32 bits per heavy atom. The third-order valence-electron chi connectivity index (χ3n) is 8.10. The van der Waals surface area contributed by atoms with Gasteiger partial charge in [0.1, 0.15) is 7.05 Å². The summed E-state index contributed by atoms with van der Waals surface area (Å²) in [4.78, 5) is 0. The summed E-state index contributed by atoms with van der Waals surface area (Å²) in [5, 5.41) is 4.30. The van der Waals surface area contributed by atoms with Crippen molar-refractivity contribution in [1.82, 2.24) is 0 Å². The van der Waals surface area contributed by atoms with Gasteiger partial charge in [-0.2, -0.15) is 0 Å². The molecule has 0 aliphatic carbocycles. The lowest BCUT2D eigenvalue weighted by Gasteiger charge is -2.43. The Bertz CT molecular complexity index is 1280. The molecule has 34 heavy (non-hydrogen) atoms. The quantitative estimate of drug-likeness (QED) is 0.199. The Hall–Kier alpha value is -2.71. The van der Waals surface area contributed by atoms with Gasteiger partial charge in [0, 0.05) is 6.07 Å². The number of pyridine rings is 1. The van der Waals surface area contributed by atoms with E-state index in [-0.39, 0.29) is 0 Å². The van der Waals surface area contributed by atoms with Crippen LogP contribution in [0.2, 0.25) is 16.6 Å². The van der Waals surface area contributed by atoms with Gasteiger partial charge in [0.05, 0.1) is 19.0 Å². The molecule has 0 atom stereocenters. The van der Waals surface area contributed by atoms with Gasteiger partial charge in [-0.3, -0.25) is 0 Å². The maximum absolute atomic E-state index is 2.53. The topological polar surface area (TPSA) is 3.88 Å². The predicted octanol–water partition coefficient (Wildman–Crippen LogP) is 8.19. The number of rotatable bonds is 6. The van der Waals surface area contributed by atoms with E-state index in [0.717, 1.165) is 0 Å². The van der Waals surface area contributed by atoms with E-state index in [1.54, 1.807) is 5.19 Å². The van der Waals surface area contributed by atoms with Crippen molar-refractivity contribution in [3.63, 3.8) is 0 Å². The van der Waals surface area contributed by atoms with Crippen molar-refractivity contribution in [2.75, 3.05) is 0 Å². The van der Waals surface area contributed by atoms with Crippen molar-refractivity contribution in [3.05, 3.63) is 84.6 Å². The van der Waals surface area contributed by atoms with Crippen LogP contribution in [-0.2, 0) is 7.05 Å². The van der Waals surface area contributed by atoms with E-state index in [9.17, 15) is 0 Å². The molecule has 4 aromatic rings. The molecular formula is C32H40NSi+. The van der Waals surface area contributed by atoms with E-state index in [1.165, 1.54) is 38.7 Å². The van der Waals surface area contributed by atoms with Crippen LogP contribution in [0, 0.1) is 6.92 Å². The van der Waals surface area contributed by atoms with Gasteiger partial charge >= 0.3 is 0 Å². The Labute approximate surface area is 207 Å². The van der Waals surface area contributed by atoms with Gasteiger partial charge in [-0.25, -0.2) is 4.57 Å². The van der Waals surface area contributed by atoms with Crippen LogP contribution in [0.15, 0.2) is 79.0 Å². The molecule has 1 heterocycles. The van der Waals surface area contributed by atoms with Gasteiger partial charge in [-0.15, -0.1) is 0 Å². The largest absolute Gasteiger partial charge is 0.220 e. The van der Waals surface area contributed by atoms with E-state index in [4.69, 9.17) is 0 Å². The minimum atomic E-state index is -1.70. The second-order valence-corrected chi connectivity index (χ2v) is 16.8. The van der Waals surface area contributed by atoms with Gasteiger partial charge in [0.15, 0.2) is 6.20 Å². The highest BCUT2D eigenvalue weighted by Crippen LogP contribution is 2.41. The molecule has 1 nitrogen and oxygen atoms in total. The van der Waals surface area contributed by atoms with E-state index in [0.29, 0.717) is 16.6 Å². The molecule has 4 rings (SSSR count). The van der Waals surface area contributed by atoms with Crippen LogP contribution in [-0.4, -0.2) is 8.07 Å². The van der Waals surface area contributed by atoms with Crippen LogP contribution in [0.25, 0.3) is 33.2 Å². The number of hydrogen-bond acceptors (Lipinski definition) is 0. The summed E-state index contributed by atoms with van der Waals surface area (Å²) in [7, 11) is 0.471. The lowest BCUT2D eigenvalue weighted by Crippen LogP contribution is -2.55. The zero-order chi connectivity index (χ0) is 24.6. The molecule has 0 radical (unpaired) electrons. The highest BCUT2D eigenvalue weighted by molar-refractivity contribution is 6.95. The van der Waals surface area contributed by atoms with Crippen molar-refractivity contribution < 1.29 is 4.57 Å². The maximum Gasteiger partial charge on any atom is 0.220 e. The third kappa shape index (κ3) is 4.03. The molecule has 0 N–H and O–H groups in total. The molecule has 0 amide bonds. The van der Waals surface area contributed by atoms with Crippen LogP contribution in [0.3, 0.4) is 0 Å². The molecule has 0 aliphatic rings. The summed E-state index contributed by atoms with van der Waals surface area (Å²) < 4.78 is 2.29. The Morgan fingerprint density at radius 1 is 0.676 bits per heavy atom. The number of benzene rings is 3. The van der Waals surface area contributed by atoms with Gasteiger partial charge < -0.3 is 0 Å². The average molecular weight is 467 g/mol. The fourth-order valence-electron chi connectivity index (χ4n) is 6.66. The minimum absolute atomic E-state index is 0.703. The van der Waals surface area contributed by atoms with E-state index >= 15 is 0 Å². The van der Waals surface area contributed by atoms with Crippen LogP contribution in [0.4, 0.5) is 0 Å². The van der Waals surface area contributed by atoms with Crippen LogP contribution in [0.1, 0.15) is 47.1 Å². The third-order valence-corrected chi connectivity index (χ3v) is 15.1. The Balaban J connectivity index is 1.94. The molecule has 2 heteroatoms. The number of aryl methyl sites for hydroxylation is 2. The smallest absolute Gasteiger partial charge is 0.200 e. The number of hydrogen-bond donors (Lipinski definition) is 0. The lowest BCUT2D eigenvalue weighted by molar-refractivity contribution is -0.659. The maximum atomic E-state index is 2.53. The summed E-state index contributed by atoms with van der Waals surface area (Å²) in [5.74, 6) is 0. The fraction of sp³-hybridized carbons (Fsp3) is 0.344. The molecule has 0 saturated heterocycles. The molecule has 0 unspecified atom stereocenters. The first-order valence-electron chi connectivity index (χ1n) is 12.8. The molecular weight excluding hydrogens is 426 g/mol. The monoisotopic (exact) mass is 466 g/mol. The normalized spacial score (nSPS) is 12.3. The first-order chi connectivity index (χ1) is 16.2. The zero-order valence-electron chi connectivity index (χ0n) is 22.2. The molecule has 0 fully saturated rings. The van der Waals surface area contributed by atoms with Crippen molar-refractivity contribution in [1.29, 1.82) is 0 Å².